The SMILES string of the molecule is CN1CN([C@@H]2O[C@H](CO)[C@@H](O)[C@H]2O)c2nc(N)[nH]c(=O)c21.c1c[nH]cn1. The van der Waals surface area contributed by atoms with Gasteiger partial charge in [-0.1, -0.05) is 0 Å². The summed E-state index contributed by atoms with van der Waals surface area (Å²) in [6, 6.07) is 0. The second-order valence-corrected chi connectivity index (χ2v) is 5.92. The second-order valence-electron chi connectivity index (χ2n) is 5.92. The maximum absolute atomic E-state index is 11.9. The largest absolute Gasteiger partial charge is 0.394 e. The molecule has 7 N–H and O–H groups in total. The van der Waals surface area contributed by atoms with Crippen molar-refractivity contribution < 1.29 is 20.1 Å². The quantitative estimate of drug-likeness (QED) is 0.330. The van der Waals surface area contributed by atoms with Crippen molar-refractivity contribution in [3.8, 4) is 0 Å². The maximum atomic E-state index is 11.9. The Labute approximate surface area is 147 Å². The Balaban J connectivity index is 0.000000339. The van der Waals surface area contributed by atoms with Crippen LogP contribution in [0.4, 0.5) is 17.5 Å². The predicted molar refractivity (Wildman–Crippen MR) is 91.4 cm³/mol. The minimum atomic E-state index is -1.23. The first-order valence-corrected chi connectivity index (χ1v) is 7.86. The molecule has 0 aromatic carbocycles. The number of aliphatic hydroxyl groups is 3. The summed E-state index contributed by atoms with van der Waals surface area (Å²) < 4.78 is 5.46. The molecule has 1 fully saturated rings. The molecule has 26 heavy (non-hydrogen) atoms. The lowest BCUT2D eigenvalue weighted by molar-refractivity contribution is -0.0221. The van der Waals surface area contributed by atoms with Gasteiger partial charge in [-0.25, -0.2) is 4.98 Å². The van der Waals surface area contributed by atoms with Crippen LogP contribution in [0.3, 0.4) is 0 Å². The molecule has 2 aliphatic rings. The number of H-pyrrole nitrogens is 2. The van der Waals surface area contributed by atoms with Crippen LogP contribution < -0.4 is 21.1 Å². The Morgan fingerprint density at radius 1 is 1.42 bits per heavy atom. The van der Waals surface area contributed by atoms with Gasteiger partial charge in [-0.3, -0.25) is 9.78 Å². The number of anilines is 3. The molecule has 0 aliphatic carbocycles. The van der Waals surface area contributed by atoms with E-state index in [-0.39, 0.29) is 18.4 Å². The van der Waals surface area contributed by atoms with Crippen molar-refractivity contribution in [3.05, 3.63) is 29.1 Å². The van der Waals surface area contributed by atoms with Crippen LogP contribution in [-0.4, -0.2) is 80.1 Å². The Morgan fingerprint density at radius 3 is 2.73 bits per heavy atom. The van der Waals surface area contributed by atoms with Crippen molar-refractivity contribution >= 4 is 17.5 Å². The third kappa shape index (κ3) is 3.22. The summed E-state index contributed by atoms with van der Waals surface area (Å²) in [7, 11) is 1.69. The predicted octanol–water partition coefficient (Wildman–Crippen LogP) is -2.59. The van der Waals surface area contributed by atoms with Crippen LogP contribution in [-0.2, 0) is 4.74 Å². The minimum absolute atomic E-state index is 0.0502. The van der Waals surface area contributed by atoms with Crippen LogP contribution in [0.2, 0.25) is 0 Å². The van der Waals surface area contributed by atoms with Crippen molar-refractivity contribution in [3.63, 3.8) is 0 Å². The molecule has 0 spiro atoms. The Kier molecular flexibility index (Phi) is 5.08. The van der Waals surface area contributed by atoms with Crippen LogP contribution in [0.15, 0.2) is 23.5 Å². The Hall–Kier alpha value is -2.67. The van der Waals surface area contributed by atoms with E-state index in [0.29, 0.717) is 5.69 Å². The smallest absolute Gasteiger partial charge is 0.278 e. The molecule has 4 heterocycles. The molecule has 12 nitrogen and oxygen atoms in total. The number of aromatic nitrogens is 4. The molecule has 2 aliphatic heterocycles. The number of nitrogen functional groups attached to an aromatic ring is 1. The van der Waals surface area contributed by atoms with Gasteiger partial charge in [0.15, 0.2) is 12.0 Å². The van der Waals surface area contributed by atoms with Gasteiger partial charge in [0, 0.05) is 19.4 Å². The number of hydrogen-bond donors (Lipinski definition) is 6. The molecule has 12 heteroatoms. The summed E-state index contributed by atoms with van der Waals surface area (Å²) in [6.07, 6.45) is 0.825. The van der Waals surface area contributed by atoms with Gasteiger partial charge in [0.25, 0.3) is 5.56 Å². The lowest BCUT2D eigenvalue weighted by atomic mass is 10.1. The molecule has 0 saturated carbocycles. The zero-order valence-corrected chi connectivity index (χ0v) is 14.0. The zero-order valence-electron chi connectivity index (χ0n) is 14.0. The van der Waals surface area contributed by atoms with E-state index in [4.69, 9.17) is 15.6 Å². The normalized spacial score (nSPS) is 27.2. The first-order valence-electron chi connectivity index (χ1n) is 7.86. The molecule has 4 rings (SSSR count). The first kappa shape index (κ1) is 18.1. The van der Waals surface area contributed by atoms with Gasteiger partial charge in [0.2, 0.25) is 5.95 Å². The number of hydrogen-bond acceptors (Lipinski definition) is 10. The second kappa shape index (κ2) is 7.29. The monoisotopic (exact) mass is 367 g/mol. The summed E-state index contributed by atoms with van der Waals surface area (Å²) in [5.41, 5.74) is 5.46. The first-order chi connectivity index (χ1) is 12.4. The number of ether oxygens (including phenoxy) is 1. The lowest BCUT2D eigenvalue weighted by Gasteiger charge is -2.27. The average molecular weight is 367 g/mol. The fourth-order valence-corrected chi connectivity index (χ4v) is 2.94. The fourth-order valence-electron chi connectivity index (χ4n) is 2.94. The van der Waals surface area contributed by atoms with Gasteiger partial charge >= 0.3 is 0 Å². The average Bonchev–Trinajstić information content (AvgIpc) is 3.32. The van der Waals surface area contributed by atoms with E-state index < -0.39 is 36.7 Å². The zero-order chi connectivity index (χ0) is 18.8. The van der Waals surface area contributed by atoms with Crippen molar-refractivity contribution in [1.29, 1.82) is 0 Å². The number of rotatable bonds is 2. The van der Waals surface area contributed by atoms with Gasteiger partial charge in [0.1, 0.15) is 24.0 Å². The molecule has 142 valence electrons. The van der Waals surface area contributed by atoms with Crippen LogP contribution in [0.5, 0.6) is 0 Å². The van der Waals surface area contributed by atoms with Crippen LogP contribution in [0, 0.1) is 0 Å². The van der Waals surface area contributed by atoms with Crippen LogP contribution in [0.25, 0.3) is 0 Å². The van der Waals surface area contributed by atoms with Crippen LogP contribution >= 0.6 is 0 Å². The van der Waals surface area contributed by atoms with E-state index in [9.17, 15) is 15.0 Å². The molecule has 4 atom stereocenters. The van der Waals surface area contributed by atoms with Crippen LogP contribution in [0.1, 0.15) is 0 Å². The maximum Gasteiger partial charge on any atom is 0.278 e. The standard InChI is InChI=1S/C11H17N5O5.C3H4N2/c1-15-3-16(8-5(15)9(20)14-11(12)13-8)10-7(19)6(18)4(2-17)21-10;1-2-5-3-4-1/h4,6-7,10,17-19H,2-3H2,1H3,(H3,12,13,14,20);1-3H,(H,4,5)/t4-,6-,7-,10-;/m1./s1. The van der Waals surface area contributed by atoms with E-state index >= 15 is 0 Å². The van der Waals surface area contributed by atoms with E-state index in [1.807, 2.05) is 0 Å². The van der Waals surface area contributed by atoms with E-state index in [2.05, 4.69) is 19.9 Å². The van der Waals surface area contributed by atoms with Crippen molar-refractivity contribution in [1.82, 2.24) is 19.9 Å². The molecule has 0 unspecified atom stereocenters. The molecule has 2 aromatic heterocycles. The molecule has 0 bridgehead atoms. The summed E-state index contributed by atoms with van der Waals surface area (Å²) >= 11 is 0. The number of nitrogens with one attached hydrogen (secondary N) is 2. The van der Waals surface area contributed by atoms with Crippen molar-refractivity contribution in [2.24, 2.45) is 0 Å². The highest BCUT2D eigenvalue weighted by atomic mass is 16.6. The molecule has 2 aromatic rings. The molecule has 1 saturated heterocycles. The third-order valence-corrected chi connectivity index (χ3v) is 4.14. The van der Waals surface area contributed by atoms with E-state index in [1.165, 1.54) is 4.90 Å². The van der Waals surface area contributed by atoms with Gasteiger partial charge in [-0.15, -0.1) is 0 Å². The number of imidazole rings is 1. The Bertz CT molecular complexity index is 765. The number of aromatic amines is 2. The van der Waals surface area contributed by atoms with E-state index in [1.54, 1.807) is 30.7 Å². The number of aliphatic hydroxyl groups excluding tert-OH is 3. The van der Waals surface area contributed by atoms with Crippen molar-refractivity contribution in [2.45, 2.75) is 24.5 Å². The van der Waals surface area contributed by atoms with E-state index in [0.717, 1.165) is 0 Å². The van der Waals surface area contributed by atoms with Gasteiger partial charge in [0.05, 0.1) is 19.6 Å². The summed E-state index contributed by atoms with van der Waals surface area (Å²) in [4.78, 5) is 28.0. The third-order valence-electron chi connectivity index (χ3n) is 4.14. The highest BCUT2D eigenvalue weighted by Gasteiger charge is 2.48. The lowest BCUT2D eigenvalue weighted by Crippen LogP contribution is -2.45. The summed E-state index contributed by atoms with van der Waals surface area (Å²) in [5.74, 6) is 0.222. The number of nitrogens with zero attached hydrogens (tertiary/aromatic N) is 4. The van der Waals surface area contributed by atoms with Crippen molar-refractivity contribution in [2.75, 3.05) is 35.9 Å². The van der Waals surface area contributed by atoms with Gasteiger partial charge < -0.3 is 40.6 Å². The molecular weight excluding hydrogens is 346 g/mol. The van der Waals surface area contributed by atoms with Gasteiger partial charge in [-0.05, 0) is 0 Å². The number of fused-ring (bicyclic) bond motifs is 1. The molecular formula is C14H21N7O5. The topological polar surface area (TPSA) is 177 Å². The number of nitrogens with two attached hydrogens (primary N) is 1. The minimum Gasteiger partial charge on any atom is -0.394 e. The fraction of sp³-hybridized carbons (Fsp3) is 0.500. The Morgan fingerprint density at radius 2 is 2.19 bits per heavy atom. The molecule has 0 amide bonds. The highest BCUT2D eigenvalue weighted by Crippen LogP contribution is 2.35. The summed E-state index contributed by atoms with van der Waals surface area (Å²) in [5, 5.41) is 29.0. The van der Waals surface area contributed by atoms with Gasteiger partial charge in [-0.2, -0.15) is 4.98 Å². The molecule has 0 radical (unpaired) electrons. The highest BCUT2D eigenvalue weighted by molar-refractivity contribution is 5.72. The summed E-state index contributed by atoms with van der Waals surface area (Å²) in [6.45, 7) is -0.183.